The van der Waals surface area contributed by atoms with Gasteiger partial charge in [0.2, 0.25) is 0 Å². The highest BCUT2D eigenvalue weighted by atomic mass is 79.9. The molecule has 0 spiro atoms. The molecule has 1 fully saturated rings. The van der Waals surface area contributed by atoms with Crippen molar-refractivity contribution in [3.05, 3.63) is 22.9 Å². The Kier molecular flexibility index (Phi) is 3.80. The average Bonchev–Trinajstić information content (AvgIpc) is 2.39. The van der Waals surface area contributed by atoms with Gasteiger partial charge in [0, 0.05) is 34.3 Å². The highest BCUT2D eigenvalue weighted by molar-refractivity contribution is 9.10. The van der Waals surface area contributed by atoms with E-state index in [1.165, 1.54) is 17.9 Å². The molecule has 1 aromatic heterocycles. The van der Waals surface area contributed by atoms with Gasteiger partial charge in [0.15, 0.2) is 0 Å². The van der Waals surface area contributed by atoms with Crippen LogP contribution in [0.3, 0.4) is 0 Å². The van der Waals surface area contributed by atoms with Crippen LogP contribution in [-0.4, -0.2) is 28.6 Å². The fourth-order valence-electron chi connectivity index (χ4n) is 1.85. The largest absolute Gasteiger partial charge is 0.369 e. The second-order valence-corrected chi connectivity index (χ2v) is 7.42. The average molecular weight is 301 g/mol. The van der Waals surface area contributed by atoms with Gasteiger partial charge in [0.1, 0.15) is 0 Å². The lowest BCUT2D eigenvalue weighted by atomic mass is 10.1. The molecule has 1 aromatic rings. The van der Waals surface area contributed by atoms with E-state index in [9.17, 15) is 0 Å². The van der Waals surface area contributed by atoms with Gasteiger partial charge in [-0.1, -0.05) is 13.8 Å². The van der Waals surface area contributed by atoms with Crippen molar-refractivity contribution in [3.8, 4) is 0 Å². The molecule has 0 aliphatic carbocycles. The molecule has 0 amide bonds. The second-order valence-electron chi connectivity index (χ2n) is 4.71. The molecule has 0 N–H and O–H groups in total. The normalized spacial score (nSPS) is 20.6. The summed E-state index contributed by atoms with van der Waals surface area (Å²) in [6.45, 7) is 6.91. The van der Waals surface area contributed by atoms with Gasteiger partial charge < -0.3 is 4.90 Å². The Balaban J connectivity index is 2.11. The van der Waals surface area contributed by atoms with Crippen molar-refractivity contribution in [2.75, 3.05) is 23.7 Å². The molecule has 0 aromatic carbocycles. The second kappa shape index (κ2) is 4.96. The molecule has 2 nitrogen and oxygen atoms in total. The summed E-state index contributed by atoms with van der Waals surface area (Å²) in [4.78, 5) is 6.66. The van der Waals surface area contributed by atoms with Crippen molar-refractivity contribution in [1.82, 2.24) is 4.98 Å². The zero-order valence-corrected chi connectivity index (χ0v) is 12.1. The third-order valence-electron chi connectivity index (χ3n) is 2.89. The van der Waals surface area contributed by atoms with Crippen molar-refractivity contribution in [3.63, 3.8) is 0 Å². The zero-order valence-electron chi connectivity index (χ0n) is 9.74. The lowest BCUT2D eigenvalue weighted by molar-refractivity contribution is 0.637. The molecule has 4 heteroatoms. The SMILES string of the molecule is CC1(C)CCN(c2cncc(Br)c2)CCS1. The molecule has 1 saturated heterocycles. The van der Waals surface area contributed by atoms with Crippen molar-refractivity contribution >= 4 is 33.4 Å². The molecule has 2 rings (SSSR count). The predicted molar refractivity (Wildman–Crippen MR) is 75.3 cm³/mol. The van der Waals surface area contributed by atoms with E-state index in [2.05, 4.69) is 57.5 Å². The van der Waals surface area contributed by atoms with Crippen LogP contribution in [0.5, 0.6) is 0 Å². The number of hydrogen-bond acceptors (Lipinski definition) is 3. The van der Waals surface area contributed by atoms with Gasteiger partial charge in [-0.25, -0.2) is 0 Å². The maximum Gasteiger partial charge on any atom is 0.0564 e. The first-order valence-corrected chi connectivity index (χ1v) is 7.34. The minimum Gasteiger partial charge on any atom is -0.369 e. The van der Waals surface area contributed by atoms with E-state index in [1.54, 1.807) is 0 Å². The van der Waals surface area contributed by atoms with Gasteiger partial charge in [0.25, 0.3) is 0 Å². The zero-order chi connectivity index (χ0) is 11.6. The van der Waals surface area contributed by atoms with E-state index in [4.69, 9.17) is 0 Å². The third-order valence-corrected chi connectivity index (χ3v) is 4.70. The van der Waals surface area contributed by atoms with Crippen LogP contribution in [0.2, 0.25) is 0 Å². The van der Waals surface area contributed by atoms with Gasteiger partial charge in [-0.05, 0) is 28.4 Å². The van der Waals surface area contributed by atoms with Crippen LogP contribution in [-0.2, 0) is 0 Å². The first-order chi connectivity index (χ1) is 7.57. The van der Waals surface area contributed by atoms with Crippen LogP contribution >= 0.6 is 27.7 Å². The summed E-state index contributed by atoms with van der Waals surface area (Å²) in [5.74, 6) is 1.19. The Labute approximate surface area is 110 Å². The Bertz CT molecular complexity index is 368. The van der Waals surface area contributed by atoms with Gasteiger partial charge >= 0.3 is 0 Å². The maximum atomic E-state index is 4.23. The monoisotopic (exact) mass is 300 g/mol. The van der Waals surface area contributed by atoms with Crippen LogP contribution in [0.25, 0.3) is 0 Å². The fourth-order valence-corrected chi connectivity index (χ4v) is 3.30. The predicted octanol–water partition coefficient (Wildman–Crippen LogP) is 3.57. The number of rotatable bonds is 1. The molecule has 0 bridgehead atoms. The highest BCUT2D eigenvalue weighted by Gasteiger charge is 2.23. The van der Waals surface area contributed by atoms with Crippen molar-refractivity contribution in [2.45, 2.75) is 25.0 Å². The molecule has 0 radical (unpaired) electrons. The number of aromatic nitrogens is 1. The number of anilines is 1. The van der Waals surface area contributed by atoms with E-state index < -0.39 is 0 Å². The minimum absolute atomic E-state index is 0.411. The van der Waals surface area contributed by atoms with Gasteiger partial charge in [-0.2, -0.15) is 11.8 Å². The summed E-state index contributed by atoms with van der Waals surface area (Å²) < 4.78 is 1.47. The Hall–Kier alpha value is -0.220. The summed E-state index contributed by atoms with van der Waals surface area (Å²) in [6, 6.07) is 2.15. The van der Waals surface area contributed by atoms with E-state index in [-0.39, 0.29) is 0 Å². The van der Waals surface area contributed by atoms with E-state index in [0.717, 1.165) is 17.6 Å². The van der Waals surface area contributed by atoms with Crippen LogP contribution in [0.15, 0.2) is 22.9 Å². The van der Waals surface area contributed by atoms with Crippen LogP contribution in [0.4, 0.5) is 5.69 Å². The standard InChI is InChI=1S/C12H17BrN2S/c1-12(2)3-4-15(5-6-16-12)11-7-10(13)8-14-9-11/h7-9H,3-6H2,1-2H3. The molecule has 0 saturated carbocycles. The van der Waals surface area contributed by atoms with E-state index in [1.807, 2.05) is 12.4 Å². The van der Waals surface area contributed by atoms with E-state index >= 15 is 0 Å². The van der Waals surface area contributed by atoms with Gasteiger partial charge in [-0.15, -0.1) is 0 Å². The van der Waals surface area contributed by atoms with E-state index in [0.29, 0.717) is 4.75 Å². The minimum atomic E-state index is 0.411. The number of nitrogens with zero attached hydrogens (tertiary/aromatic N) is 2. The van der Waals surface area contributed by atoms with Crippen LogP contribution in [0.1, 0.15) is 20.3 Å². The number of pyridine rings is 1. The Morgan fingerprint density at radius 3 is 2.94 bits per heavy atom. The summed E-state index contributed by atoms with van der Waals surface area (Å²) in [6.07, 6.45) is 5.01. The molecule has 1 aliphatic heterocycles. The summed E-state index contributed by atoms with van der Waals surface area (Å²) >= 11 is 5.55. The molecule has 0 atom stereocenters. The van der Waals surface area contributed by atoms with Gasteiger partial charge in [0.05, 0.1) is 11.9 Å². The van der Waals surface area contributed by atoms with Crippen LogP contribution in [0, 0.1) is 0 Å². The number of halogens is 1. The van der Waals surface area contributed by atoms with Crippen molar-refractivity contribution in [2.24, 2.45) is 0 Å². The Morgan fingerprint density at radius 2 is 2.19 bits per heavy atom. The highest BCUT2D eigenvalue weighted by Crippen LogP contribution is 2.32. The maximum absolute atomic E-state index is 4.23. The third kappa shape index (κ3) is 3.14. The topological polar surface area (TPSA) is 16.1 Å². The first-order valence-electron chi connectivity index (χ1n) is 5.56. The van der Waals surface area contributed by atoms with Crippen molar-refractivity contribution in [1.29, 1.82) is 0 Å². The molecular weight excluding hydrogens is 284 g/mol. The lowest BCUT2D eigenvalue weighted by Crippen LogP contribution is -2.26. The molecule has 16 heavy (non-hydrogen) atoms. The number of thioether (sulfide) groups is 1. The smallest absolute Gasteiger partial charge is 0.0564 e. The molecule has 88 valence electrons. The van der Waals surface area contributed by atoms with Crippen LogP contribution < -0.4 is 4.90 Å². The molecule has 2 heterocycles. The quantitative estimate of drug-likeness (QED) is 0.789. The van der Waals surface area contributed by atoms with Gasteiger partial charge in [-0.3, -0.25) is 4.98 Å². The summed E-state index contributed by atoms with van der Waals surface area (Å²) in [5, 5.41) is 0. The fraction of sp³-hybridized carbons (Fsp3) is 0.583. The summed E-state index contributed by atoms with van der Waals surface area (Å²) in [5.41, 5.74) is 1.23. The Morgan fingerprint density at radius 1 is 1.38 bits per heavy atom. The molecular formula is C12H17BrN2S. The lowest BCUT2D eigenvalue weighted by Gasteiger charge is -2.24. The molecule has 1 aliphatic rings. The number of hydrogen-bond donors (Lipinski definition) is 0. The van der Waals surface area contributed by atoms with Crippen molar-refractivity contribution < 1.29 is 0 Å². The first kappa shape index (κ1) is 12.2. The summed E-state index contributed by atoms with van der Waals surface area (Å²) in [7, 11) is 0. The molecule has 0 unspecified atom stereocenters.